The van der Waals surface area contributed by atoms with Gasteiger partial charge in [-0.3, -0.25) is 5.41 Å². The molecule has 1 aromatic rings. The summed E-state index contributed by atoms with van der Waals surface area (Å²) in [7, 11) is 0. The number of hydrogen-bond acceptors (Lipinski definition) is 3. The fraction of sp³-hybridized carbons (Fsp3) is 0.400. The molecule has 1 radical (unpaired) electrons. The van der Waals surface area contributed by atoms with Crippen LogP contribution in [-0.2, 0) is 0 Å². The number of rotatable bonds is 2. The average molecular weight is 204 g/mol. The predicted molar refractivity (Wildman–Crippen MR) is 59.3 cm³/mol. The van der Waals surface area contributed by atoms with Crippen LogP contribution < -0.4 is 16.0 Å². The lowest BCUT2D eigenvalue weighted by molar-refractivity contribution is 0.575. The van der Waals surface area contributed by atoms with Gasteiger partial charge in [0.05, 0.1) is 0 Å². The number of nitrogen functional groups attached to an aromatic ring is 1. The van der Waals surface area contributed by atoms with Gasteiger partial charge in [0.25, 0.3) is 0 Å². The zero-order valence-electron chi connectivity index (χ0n) is 8.48. The van der Waals surface area contributed by atoms with E-state index in [9.17, 15) is 0 Å². The normalized spacial score (nSPS) is 16.4. The molecule has 1 aliphatic rings. The first-order chi connectivity index (χ1) is 7.27. The van der Waals surface area contributed by atoms with E-state index in [1.54, 1.807) is 6.20 Å². The standard InChI is InChI=1S/C10H14N5/c11-10(12)8-1-2-9(14-7-8)15-5-3-13-4-6-15/h1-2,7H,3-6H2,(H3,11,12). The monoisotopic (exact) mass is 204 g/mol. The number of nitrogens with zero attached hydrogens (tertiary/aromatic N) is 3. The SMILES string of the molecule is N=C(N)c1ccc(N2CC[N]CC2)nc1. The molecule has 0 saturated carbocycles. The number of nitrogens with two attached hydrogens (primary N) is 1. The molecule has 0 spiro atoms. The summed E-state index contributed by atoms with van der Waals surface area (Å²) in [6, 6.07) is 3.73. The largest absolute Gasteiger partial charge is 0.384 e. The molecule has 1 saturated heterocycles. The quantitative estimate of drug-likeness (QED) is 0.516. The summed E-state index contributed by atoms with van der Waals surface area (Å²) in [5.74, 6) is 0.998. The second kappa shape index (κ2) is 4.27. The van der Waals surface area contributed by atoms with Gasteiger partial charge in [-0.05, 0) is 12.1 Å². The average Bonchev–Trinajstić information content (AvgIpc) is 2.30. The smallest absolute Gasteiger partial charge is 0.128 e. The highest BCUT2D eigenvalue weighted by Gasteiger charge is 2.11. The van der Waals surface area contributed by atoms with Crippen LogP contribution in [0.25, 0.3) is 0 Å². The highest BCUT2D eigenvalue weighted by atomic mass is 15.2. The Bertz CT molecular complexity index is 339. The molecule has 0 bridgehead atoms. The highest BCUT2D eigenvalue weighted by Crippen LogP contribution is 2.11. The van der Waals surface area contributed by atoms with Crippen molar-refractivity contribution in [1.29, 1.82) is 5.41 Å². The predicted octanol–water partition coefficient (Wildman–Crippen LogP) is -0.210. The minimum atomic E-state index is 0.0581. The van der Waals surface area contributed by atoms with E-state index in [0.29, 0.717) is 5.56 Å². The van der Waals surface area contributed by atoms with E-state index in [4.69, 9.17) is 11.1 Å². The molecule has 0 atom stereocenters. The van der Waals surface area contributed by atoms with Crippen LogP contribution in [0.3, 0.4) is 0 Å². The number of pyridine rings is 1. The van der Waals surface area contributed by atoms with Crippen molar-refractivity contribution in [2.24, 2.45) is 5.73 Å². The van der Waals surface area contributed by atoms with Gasteiger partial charge in [-0.1, -0.05) is 0 Å². The summed E-state index contributed by atoms with van der Waals surface area (Å²) >= 11 is 0. The van der Waals surface area contributed by atoms with Crippen LogP contribution in [-0.4, -0.2) is 37.0 Å². The van der Waals surface area contributed by atoms with Crippen LogP contribution in [0.4, 0.5) is 5.82 Å². The Balaban J connectivity index is 2.11. The fourth-order valence-electron chi connectivity index (χ4n) is 1.57. The number of amidine groups is 1. The van der Waals surface area contributed by atoms with E-state index in [1.807, 2.05) is 12.1 Å². The van der Waals surface area contributed by atoms with Crippen LogP contribution in [0.15, 0.2) is 18.3 Å². The molecule has 2 heterocycles. The second-order valence-electron chi connectivity index (χ2n) is 3.48. The number of hydrogen-bond donors (Lipinski definition) is 2. The van der Waals surface area contributed by atoms with Crippen LogP contribution in [0.1, 0.15) is 5.56 Å². The molecule has 1 fully saturated rings. The van der Waals surface area contributed by atoms with Crippen molar-refractivity contribution in [3.05, 3.63) is 23.9 Å². The summed E-state index contributed by atoms with van der Waals surface area (Å²) in [5, 5.41) is 11.5. The minimum absolute atomic E-state index is 0.0581. The first-order valence-electron chi connectivity index (χ1n) is 4.96. The van der Waals surface area contributed by atoms with Crippen molar-refractivity contribution < 1.29 is 0 Å². The fourth-order valence-corrected chi connectivity index (χ4v) is 1.57. The van der Waals surface area contributed by atoms with Crippen LogP contribution in [0.2, 0.25) is 0 Å². The summed E-state index contributed by atoms with van der Waals surface area (Å²) in [4.78, 5) is 6.48. The topological polar surface area (TPSA) is 80.1 Å². The first-order valence-corrected chi connectivity index (χ1v) is 4.96. The van der Waals surface area contributed by atoms with Crippen molar-refractivity contribution in [1.82, 2.24) is 10.3 Å². The van der Waals surface area contributed by atoms with Crippen LogP contribution in [0, 0.1) is 5.41 Å². The zero-order chi connectivity index (χ0) is 10.7. The van der Waals surface area contributed by atoms with E-state index in [2.05, 4.69) is 15.2 Å². The Labute approximate surface area is 88.8 Å². The number of piperazine rings is 1. The zero-order valence-corrected chi connectivity index (χ0v) is 8.48. The molecule has 2 rings (SSSR count). The first kappa shape index (κ1) is 9.92. The van der Waals surface area contributed by atoms with Gasteiger partial charge >= 0.3 is 0 Å². The molecule has 15 heavy (non-hydrogen) atoms. The van der Waals surface area contributed by atoms with Gasteiger partial charge in [-0.15, -0.1) is 0 Å². The Kier molecular flexibility index (Phi) is 2.82. The Hall–Kier alpha value is -1.62. The summed E-state index contributed by atoms with van der Waals surface area (Å²) in [6.45, 7) is 3.59. The van der Waals surface area contributed by atoms with E-state index in [1.165, 1.54) is 0 Å². The number of aromatic nitrogens is 1. The van der Waals surface area contributed by atoms with Crippen molar-refractivity contribution >= 4 is 11.7 Å². The van der Waals surface area contributed by atoms with E-state index in [0.717, 1.165) is 32.0 Å². The molecular formula is C10H14N5. The van der Waals surface area contributed by atoms with E-state index in [-0.39, 0.29) is 5.84 Å². The van der Waals surface area contributed by atoms with Crippen molar-refractivity contribution in [3.63, 3.8) is 0 Å². The third kappa shape index (κ3) is 2.24. The molecule has 3 N–H and O–H groups in total. The van der Waals surface area contributed by atoms with E-state index < -0.39 is 0 Å². The van der Waals surface area contributed by atoms with Gasteiger partial charge in [0, 0.05) is 37.9 Å². The Morgan fingerprint density at radius 2 is 2.07 bits per heavy atom. The van der Waals surface area contributed by atoms with Crippen LogP contribution in [0.5, 0.6) is 0 Å². The maximum Gasteiger partial charge on any atom is 0.128 e. The minimum Gasteiger partial charge on any atom is -0.384 e. The van der Waals surface area contributed by atoms with Crippen LogP contribution >= 0.6 is 0 Å². The molecule has 79 valence electrons. The lowest BCUT2D eigenvalue weighted by atomic mass is 10.2. The molecule has 5 heteroatoms. The van der Waals surface area contributed by atoms with Gasteiger partial charge in [0.1, 0.15) is 11.7 Å². The van der Waals surface area contributed by atoms with Gasteiger partial charge in [-0.2, -0.15) is 0 Å². The molecule has 0 unspecified atom stereocenters. The molecule has 1 aromatic heterocycles. The molecule has 0 amide bonds. The van der Waals surface area contributed by atoms with Gasteiger partial charge in [0.15, 0.2) is 0 Å². The lowest BCUT2D eigenvalue weighted by Crippen LogP contribution is -2.40. The molecular weight excluding hydrogens is 190 g/mol. The lowest BCUT2D eigenvalue weighted by Gasteiger charge is -2.27. The summed E-state index contributed by atoms with van der Waals surface area (Å²) < 4.78 is 0. The highest BCUT2D eigenvalue weighted by molar-refractivity contribution is 5.94. The maximum atomic E-state index is 7.26. The van der Waals surface area contributed by atoms with E-state index >= 15 is 0 Å². The number of anilines is 1. The van der Waals surface area contributed by atoms with Gasteiger partial charge in [-0.25, -0.2) is 10.3 Å². The molecule has 0 aromatic carbocycles. The van der Waals surface area contributed by atoms with Gasteiger partial charge in [0.2, 0.25) is 0 Å². The van der Waals surface area contributed by atoms with Crippen molar-refractivity contribution in [3.8, 4) is 0 Å². The molecule has 1 aliphatic heterocycles. The Morgan fingerprint density at radius 3 is 2.60 bits per heavy atom. The number of nitrogens with one attached hydrogen (secondary N) is 1. The maximum absolute atomic E-state index is 7.26. The molecule has 0 aliphatic carbocycles. The summed E-state index contributed by atoms with van der Waals surface area (Å²) in [5.41, 5.74) is 6.02. The molecule has 5 nitrogen and oxygen atoms in total. The summed E-state index contributed by atoms with van der Waals surface area (Å²) in [6.07, 6.45) is 1.64. The third-order valence-corrected chi connectivity index (χ3v) is 2.44. The van der Waals surface area contributed by atoms with Crippen molar-refractivity contribution in [2.75, 3.05) is 31.1 Å². The second-order valence-corrected chi connectivity index (χ2v) is 3.48. The Morgan fingerprint density at radius 1 is 1.33 bits per heavy atom. The van der Waals surface area contributed by atoms with Crippen molar-refractivity contribution in [2.45, 2.75) is 0 Å². The van der Waals surface area contributed by atoms with Gasteiger partial charge < -0.3 is 10.6 Å². The third-order valence-electron chi connectivity index (χ3n) is 2.44.